The van der Waals surface area contributed by atoms with Crippen LogP contribution in [0.15, 0.2) is 30.5 Å². The van der Waals surface area contributed by atoms with Crippen LogP contribution in [0, 0.1) is 6.92 Å². The first-order valence-electron chi connectivity index (χ1n) is 6.09. The number of nitrogens with one attached hydrogen (secondary N) is 1. The normalized spacial score (nSPS) is 10.4. The molecule has 2 rings (SSSR count). The molecule has 2 N–H and O–H groups in total. The highest BCUT2D eigenvalue weighted by Crippen LogP contribution is 2.16. The second-order valence-electron chi connectivity index (χ2n) is 4.31. The van der Waals surface area contributed by atoms with E-state index < -0.39 is 5.97 Å². The number of carboxylic acids is 1. The number of benzene rings is 1. The van der Waals surface area contributed by atoms with Gasteiger partial charge in [-0.05, 0) is 31.0 Å². The summed E-state index contributed by atoms with van der Waals surface area (Å²) in [5.41, 5.74) is 2.03. The highest BCUT2D eigenvalue weighted by Gasteiger charge is 2.02. The number of aromatic nitrogens is 1. The summed E-state index contributed by atoms with van der Waals surface area (Å²) in [7, 11) is 0. The minimum Gasteiger partial charge on any atom is -0.481 e. The van der Waals surface area contributed by atoms with Crippen LogP contribution in [-0.2, 0) is 17.8 Å². The molecule has 100 valence electrons. The summed E-state index contributed by atoms with van der Waals surface area (Å²) in [6, 6.07) is 7.85. The van der Waals surface area contributed by atoms with E-state index in [9.17, 15) is 4.79 Å². The summed E-state index contributed by atoms with van der Waals surface area (Å²) >= 11 is 1.67. The van der Waals surface area contributed by atoms with Crippen LogP contribution in [0.4, 0.5) is 5.69 Å². The standard InChI is InChI=1S/C14H16N2O2S/c1-10-8-16-13(19-10)9-15-12-4-2-3-11(7-12)5-6-14(17)18/h2-4,7-8,15H,5-6,9H2,1H3,(H,17,18). The van der Waals surface area contributed by atoms with E-state index in [1.165, 1.54) is 4.88 Å². The van der Waals surface area contributed by atoms with Crippen molar-refractivity contribution in [3.8, 4) is 0 Å². The van der Waals surface area contributed by atoms with Crippen molar-refractivity contribution in [1.29, 1.82) is 0 Å². The Kier molecular flexibility index (Phi) is 4.52. The quantitative estimate of drug-likeness (QED) is 0.851. The Labute approximate surface area is 116 Å². The van der Waals surface area contributed by atoms with Gasteiger partial charge in [0, 0.05) is 23.2 Å². The van der Waals surface area contributed by atoms with Crippen LogP contribution in [0.25, 0.3) is 0 Å². The Hall–Kier alpha value is -1.88. The number of aliphatic carboxylic acids is 1. The zero-order valence-corrected chi connectivity index (χ0v) is 11.5. The molecule has 0 saturated carbocycles. The van der Waals surface area contributed by atoms with Gasteiger partial charge in [-0.15, -0.1) is 11.3 Å². The Morgan fingerprint density at radius 1 is 1.47 bits per heavy atom. The molecule has 0 radical (unpaired) electrons. The van der Waals surface area contributed by atoms with Crippen molar-refractivity contribution in [3.05, 3.63) is 45.9 Å². The first-order chi connectivity index (χ1) is 9.13. The van der Waals surface area contributed by atoms with Crippen molar-refractivity contribution >= 4 is 23.0 Å². The van der Waals surface area contributed by atoms with Crippen LogP contribution in [0.3, 0.4) is 0 Å². The van der Waals surface area contributed by atoms with Crippen LogP contribution < -0.4 is 5.32 Å². The number of hydrogen-bond donors (Lipinski definition) is 2. The maximum atomic E-state index is 10.5. The molecule has 0 unspecified atom stereocenters. The largest absolute Gasteiger partial charge is 0.481 e. The van der Waals surface area contributed by atoms with Crippen molar-refractivity contribution in [1.82, 2.24) is 4.98 Å². The van der Waals surface area contributed by atoms with Crippen LogP contribution in [0.2, 0.25) is 0 Å². The van der Waals surface area contributed by atoms with Crippen molar-refractivity contribution < 1.29 is 9.90 Å². The summed E-state index contributed by atoms with van der Waals surface area (Å²) in [5.74, 6) is -0.767. The fourth-order valence-corrected chi connectivity index (χ4v) is 2.48. The smallest absolute Gasteiger partial charge is 0.303 e. The van der Waals surface area contributed by atoms with Gasteiger partial charge in [0.2, 0.25) is 0 Å². The van der Waals surface area contributed by atoms with Gasteiger partial charge in [0.1, 0.15) is 5.01 Å². The average molecular weight is 276 g/mol. The van der Waals surface area contributed by atoms with Crippen LogP contribution in [0.5, 0.6) is 0 Å². The Balaban J connectivity index is 1.93. The highest BCUT2D eigenvalue weighted by molar-refractivity contribution is 7.11. The van der Waals surface area contributed by atoms with Gasteiger partial charge >= 0.3 is 5.97 Å². The lowest BCUT2D eigenvalue weighted by Gasteiger charge is -2.06. The monoisotopic (exact) mass is 276 g/mol. The van der Waals surface area contributed by atoms with E-state index >= 15 is 0 Å². The van der Waals surface area contributed by atoms with Gasteiger partial charge in [-0.1, -0.05) is 12.1 Å². The molecule has 0 saturated heterocycles. The van der Waals surface area contributed by atoms with Gasteiger partial charge < -0.3 is 10.4 Å². The minimum atomic E-state index is -0.767. The molecule has 0 atom stereocenters. The van der Waals surface area contributed by atoms with E-state index in [2.05, 4.69) is 10.3 Å². The van der Waals surface area contributed by atoms with E-state index in [4.69, 9.17) is 5.11 Å². The molecule has 0 bridgehead atoms. The van der Waals surface area contributed by atoms with E-state index in [0.29, 0.717) is 13.0 Å². The van der Waals surface area contributed by atoms with Gasteiger partial charge in [0.05, 0.1) is 6.54 Å². The molecule has 2 aromatic rings. The third kappa shape index (κ3) is 4.37. The summed E-state index contributed by atoms with van der Waals surface area (Å²) in [4.78, 5) is 16.0. The molecule has 1 heterocycles. The summed E-state index contributed by atoms with van der Waals surface area (Å²) in [6.45, 7) is 2.73. The van der Waals surface area contributed by atoms with E-state index in [1.807, 2.05) is 37.4 Å². The number of carboxylic acid groups (broad SMARTS) is 1. The number of hydrogen-bond acceptors (Lipinski definition) is 4. The maximum Gasteiger partial charge on any atom is 0.303 e. The van der Waals surface area contributed by atoms with Crippen LogP contribution in [-0.4, -0.2) is 16.1 Å². The third-order valence-electron chi connectivity index (χ3n) is 2.67. The van der Waals surface area contributed by atoms with E-state index in [-0.39, 0.29) is 6.42 Å². The molecule has 0 aliphatic rings. The predicted molar refractivity (Wildman–Crippen MR) is 76.6 cm³/mol. The maximum absolute atomic E-state index is 10.5. The molecule has 1 aromatic carbocycles. The van der Waals surface area contributed by atoms with E-state index in [1.54, 1.807) is 11.3 Å². The lowest BCUT2D eigenvalue weighted by molar-refractivity contribution is -0.136. The fraction of sp³-hybridized carbons (Fsp3) is 0.286. The lowest BCUT2D eigenvalue weighted by atomic mass is 10.1. The summed E-state index contributed by atoms with van der Waals surface area (Å²) in [5, 5.41) is 13.0. The molecule has 0 fully saturated rings. The van der Waals surface area contributed by atoms with Crippen molar-refractivity contribution in [3.63, 3.8) is 0 Å². The zero-order valence-electron chi connectivity index (χ0n) is 10.7. The van der Waals surface area contributed by atoms with Gasteiger partial charge in [-0.25, -0.2) is 4.98 Å². The molecule has 5 heteroatoms. The number of anilines is 1. The summed E-state index contributed by atoms with van der Waals surface area (Å²) < 4.78 is 0. The van der Waals surface area contributed by atoms with Crippen LogP contribution >= 0.6 is 11.3 Å². The average Bonchev–Trinajstić information content (AvgIpc) is 2.80. The second-order valence-corrected chi connectivity index (χ2v) is 5.63. The zero-order chi connectivity index (χ0) is 13.7. The molecule has 1 aromatic heterocycles. The number of nitrogens with zero attached hydrogens (tertiary/aromatic N) is 1. The minimum absolute atomic E-state index is 0.162. The molecule has 0 amide bonds. The third-order valence-corrected chi connectivity index (χ3v) is 3.58. The highest BCUT2D eigenvalue weighted by atomic mass is 32.1. The first kappa shape index (κ1) is 13.5. The van der Waals surface area contributed by atoms with Crippen molar-refractivity contribution in [2.45, 2.75) is 26.3 Å². The number of aryl methyl sites for hydroxylation is 2. The Bertz CT molecular complexity index is 566. The molecule has 0 spiro atoms. The van der Waals surface area contributed by atoms with Gasteiger partial charge in [-0.2, -0.15) is 0 Å². The topological polar surface area (TPSA) is 62.2 Å². The molecular weight excluding hydrogens is 260 g/mol. The van der Waals surface area contributed by atoms with Crippen LogP contribution in [0.1, 0.15) is 21.9 Å². The van der Waals surface area contributed by atoms with Crippen molar-refractivity contribution in [2.24, 2.45) is 0 Å². The number of carbonyl (C=O) groups is 1. The number of thiazole rings is 1. The van der Waals surface area contributed by atoms with Gasteiger partial charge in [-0.3, -0.25) is 4.79 Å². The lowest BCUT2D eigenvalue weighted by Crippen LogP contribution is -2.00. The Morgan fingerprint density at radius 3 is 3.00 bits per heavy atom. The molecular formula is C14H16N2O2S. The number of rotatable bonds is 6. The van der Waals surface area contributed by atoms with Gasteiger partial charge in [0.25, 0.3) is 0 Å². The van der Waals surface area contributed by atoms with E-state index in [0.717, 1.165) is 16.3 Å². The molecule has 4 nitrogen and oxygen atoms in total. The second kappa shape index (κ2) is 6.33. The predicted octanol–water partition coefficient (Wildman–Crippen LogP) is 3.08. The van der Waals surface area contributed by atoms with Crippen molar-refractivity contribution in [2.75, 3.05) is 5.32 Å². The fourth-order valence-electron chi connectivity index (χ4n) is 1.75. The Morgan fingerprint density at radius 2 is 2.32 bits per heavy atom. The SMILES string of the molecule is Cc1cnc(CNc2cccc(CCC(=O)O)c2)s1. The molecule has 0 aliphatic carbocycles. The summed E-state index contributed by atoms with van der Waals surface area (Å²) in [6.07, 6.45) is 2.58. The van der Waals surface area contributed by atoms with Gasteiger partial charge in [0.15, 0.2) is 0 Å². The molecule has 19 heavy (non-hydrogen) atoms. The molecule has 0 aliphatic heterocycles. The first-order valence-corrected chi connectivity index (χ1v) is 6.91.